The number of Topliss-reactive ketones (excluding diaryl/α,β-unsaturated/α-hetero) is 1. The third-order valence-electron chi connectivity index (χ3n) is 2.48. The maximum Gasteiger partial charge on any atom is 0.573 e. The lowest BCUT2D eigenvalue weighted by Crippen LogP contribution is -2.19. The maximum atomic E-state index is 12.3. The van der Waals surface area contributed by atoms with E-state index >= 15 is 0 Å². The van der Waals surface area contributed by atoms with Crippen LogP contribution in [0.2, 0.25) is 0 Å². The highest BCUT2D eigenvalue weighted by Crippen LogP contribution is 2.30. The minimum absolute atomic E-state index is 0.0221. The number of ketones is 1. The predicted octanol–water partition coefficient (Wildman–Crippen LogP) is 3.87. The van der Waals surface area contributed by atoms with Crippen molar-refractivity contribution in [1.29, 1.82) is 0 Å². The zero-order valence-corrected chi connectivity index (χ0v) is 12.6. The molecule has 0 aromatic heterocycles. The van der Waals surface area contributed by atoms with Crippen molar-refractivity contribution in [1.82, 2.24) is 0 Å². The second kappa shape index (κ2) is 7.44. The van der Waals surface area contributed by atoms with Gasteiger partial charge in [-0.1, -0.05) is 15.9 Å². The van der Waals surface area contributed by atoms with Crippen molar-refractivity contribution < 1.29 is 32.2 Å². The fourth-order valence-corrected chi connectivity index (χ4v) is 1.91. The maximum absolute atomic E-state index is 12.3. The van der Waals surface area contributed by atoms with Crippen LogP contribution >= 0.6 is 15.9 Å². The van der Waals surface area contributed by atoms with Crippen LogP contribution in [0.15, 0.2) is 22.7 Å². The van der Waals surface area contributed by atoms with Gasteiger partial charge in [-0.05, 0) is 24.6 Å². The summed E-state index contributed by atoms with van der Waals surface area (Å²) in [7, 11) is 1.22. The molecule has 0 aliphatic rings. The first-order valence-corrected chi connectivity index (χ1v) is 6.67. The number of hydrogen-bond acceptors (Lipinski definition) is 4. The van der Waals surface area contributed by atoms with Crippen LogP contribution in [0.25, 0.3) is 0 Å². The fraction of sp³-hybridized carbons (Fsp3) is 0.385. The van der Waals surface area contributed by atoms with Gasteiger partial charge in [0.2, 0.25) is 0 Å². The highest BCUT2D eigenvalue weighted by molar-refractivity contribution is 9.10. The number of rotatable bonds is 6. The van der Waals surface area contributed by atoms with Gasteiger partial charge >= 0.3 is 12.3 Å². The van der Waals surface area contributed by atoms with Gasteiger partial charge in [-0.2, -0.15) is 0 Å². The van der Waals surface area contributed by atoms with Crippen LogP contribution in [0.4, 0.5) is 13.2 Å². The molecular weight excluding hydrogens is 357 g/mol. The summed E-state index contributed by atoms with van der Waals surface area (Å²) in [5.74, 6) is -1.59. The number of esters is 1. The Balaban J connectivity index is 2.81. The molecule has 0 amide bonds. The van der Waals surface area contributed by atoms with Gasteiger partial charge < -0.3 is 9.47 Å². The molecule has 0 fully saturated rings. The van der Waals surface area contributed by atoms with Crippen LogP contribution in [-0.4, -0.2) is 25.2 Å². The summed E-state index contributed by atoms with van der Waals surface area (Å²) >= 11 is 3.01. The quantitative estimate of drug-likeness (QED) is 0.564. The Morgan fingerprint density at radius 1 is 1.24 bits per heavy atom. The average Bonchev–Trinajstić information content (AvgIpc) is 2.36. The molecule has 8 heteroatoms. The van der Waals surface area contributed by atoms with Crippen LogP contribution < -0.4 is 4.74 Å². The second-order valence-corrected chi connectivity index (χ2v) is 4.96. The summed E-state index contributed by atoms with van der Waals surface area (Å²) < 4.78 is 45.5. The lowest BCUT2D eigenvalue weighted by Gasteiger charge is -2.13. The number of alkyl halides is 3. The number of methoxy groups -OCH3 is 1. The normalized spacial score (nSPS) is 11.1. The molecule has 1 aromatic rings. The second-order valence-electron chi connectivity index (χ2n) is 4.04. The molecule has 0 atom stereocenters. The largest absolute Gasteiger partial charge is 0.573 e. The van der Waals surface area contributed by atoms with Gasteiger partial charge in [0.15, 0.2) is 5.78 Å². The molecule has 0 aliphatic carbocycles. The summed E-state index contributed by atoms with van der Waals surface area (Å²) in [6.07, 6.45) is -4.76. The summed E-state index contributed by atoms with van der Waals surface area (Å²) in [5.41, 5.74) is -0.180. The smallest absolute Gasteiger partial charge is 0.469 e. The van der Waals surface area contributed by atoms with E-state index in [0.717, 1.165) is 6.07 Å². The molecule has 0 saturated carbocycles. The molecule has 0 unspecified atom stereocenters. The Morgan fingerprint density at radius 3 is 2.48 bits per heavy atom. The first-order valence-electron chi connectivity index (χ1n) is 5.88. The van der Waals surface area contributed by atoms with E-state index in [0.29, 0.717) is 4.47 Å². The van der Waals surface area contributed by atoms with Crippen molar-refractivity contribution >= 4 is 27.7 Å². The van der Waals surface area contributed by atoms with Gasteiger partial charge in [0.25, 0.3) is 0 Å². The number of hydrogen-bond donors (Lipinski definition) is 0. The van der Waals surface area contributed by atoms with Crippen LogP contribution in [0.1, 0.15) is 29.6 Å². The van der Waals surface area contributed by atoms with E-state index in [9.17, 15) is 22.8 Å². The number of ether oxygens (including phenoxy) is 2. The Bertz CT molecular complexity index is 529. The van der Waals surface area contributed by atoms with E-state index in [1.54, 1.807) is 0 Å². The minimum atomic E-state index is -4.89. The Labute approximate surface area is 127 Å². The van der Waals surface area contributed by atoms with Gasteiger partial charge in [-0.15, -0.1) is 13.2 Å². The van der Waals surface area contributed by atoms with Gasteiger partial charge in [-0.25, -0.2) is 0 Å². The zero-order valence-electron chi connectivity index (χ0n) is 11.0. The molecule has 1 aromatic carbocycles. The summed E-state index contributed by atoms with van der Waals surface area (Å²) in [4.78, 5) is 22.8. The van der Waals surface area contributed by atoms with E-state index < -0.39 is 23.9 Å². The standard InChI is InChI=1S/C13H12BrF3O4/c1-20-12(19)4-2-3-10(18)9-6-5-8(14)7-11(9)21-13(15,16)17/h5-7H,2-4H2,1H3. The Kier molecular flexibility index (Phi) is 6.19. The molecule has 21 heavy (non-hydrogen) atoms. The molecule has 0 saturated heterocycles. The zero-order chi connectivity index (χ0) is 16.0. The van der Waals surface area contributed by atoms with E-state index in [-0.39, 0.29) is 24.8 Å². The third kappa shape index (κ3) is 6.16. The number of carbonyl (C=O) groups excluding carboxylic acids is 2. The van der Waals surface area contributed by atoms with Crippen molar-refractivity contribution in [3.05, 3.63) is 28.2 Å². The summed E-state index contributed by atoms with van der Waals surface area (Å²) in [5, 5.41) is 0. The SMILES string of the molecule is COC(=O)CCCC(=O)c1ccc(Br)cc1OC(F)(F)F. The first kappa shape index (κ1) is 17.5. The van der Waals surface area contributed by atoms with Gasteiger partial charge in [-0.3, -0.25) is 9.59 Å². The minimum Gasteiger partial charge on any atom is -0.469 e. The molecule has 0 aliphatic heterocycles. The highest BCUT2D eigenvalue weighted by atomic mass is 79.9. The van der Waals surface area contributed by atoms with Crippen molar-refractivity contribution in [2.45, 2.75) is 25.6 Å². The van der Waals surface area contributed by atoms with Crippen LogP contribution in [0.5, 0.6) is 5.75 Å². The van der Waals surface area contributed by atoms with E-state index in [4.69, 9.17) is 0 Å². The predicted molar refractivity (Wildman–Crippen MR) is 71.0 cm³/mol. The van der Waals surface area contributed by atoms with Crippen molar-refractivity contribution in [2.75, 3.05) is 7.11 Å². The number of benzene rings is 1. The van der Waals surface area contributed by atoms with Crippen LogP contribution in [0.3, 0.4) is 0 Å². The van der Waals surface area contributed by atoms with E-state index in [1.807, 2.05) is 0 Å². The van der Waals surface area contributed by atoms with Crippen molar-refractivity contribution in [3.8, 4) is 5.75 Å². The monoisotopic (exact) mass is 368 g/mol. The average molecular weight is 369 g/mol. The fourth-order valence-electron chi connectivity index (χ4n) is 1.57. The van der Waals surface area contributed by atoms with E-state index in [2.05, 4.69) is 25.4 Å². The topological polar surface area (TPSA) is 52.6 Å². The van der Waals surface area contributed by atoms with Crippen molar-refractivity contribution in [2.24, 2.45) is 0 Å². The van der Waals surface area contributed by atoms with Crippen molar-refractivity contribution in [3.63, 3.8) is 0 Å². The highest BCUT2D eigenvalue weighted by Gasteiger charge is 2.33. The third-order valence-corrected chi connectivity index (χ3v) is 2.98. The van der Waals surface area contributed by atoms with Gasteiger partial charge in [0.05, 0.1) is 12.7 Å². The first-order chi connectivity index (χ1) is 9.73. The molecule has 0 radical (unpaired) electrons. The summed E-state index contributed by atoms with van der Waals surface area (Å²) in [6.45, 7) is 0. The Hall–Kier alpha value is -1.57. The van der Waals surface area contributed by atoms with Gasteiger partial charge in [0, 0.05) is 17.3 Å². The van der Waals surface area contributed by atoms with Crippen LogP contribution in [0, 0.1) is 0 Å². The molecule has 0 heterocycles. The molecule has 4 nitrogen and oxygen atoms in total. The molecule has 0 N–H and O–H groups in total. The van der Waals surface area contributed by atoms with E-state index in [1.165, 1.54) is 19.2 Å². The van der Waals surface area contributed by atoms with Gasteiger partial charge in [0.1, 0.15) is 5.75 Å². The molecular formula is C13H12BrF3O4. The molecule has 1 rings (SSSR count). The lowest BCUT2D eigenvalue weighted by molar-refractivity contribution is -0.274. The molecule has 0 spiro atoms. The molecule has 116 valence electrons. The summed E-state index contributed by atoms with van der Waals surface area (Å²) in [6, 6.07) is 3.75. The Morgan fingerprint density at radius 2 is 1.90 bits per heavy atom. The number of carbonyl (C=O) groups is 2. The van der Waals surface area contributed by atoms with Crippen LogP contribution in [-0.2, 0) is 9.53 Å². The number of halogens is 4. The molecule has 0 bridgehead atoms. The lowest BCUT2D eigenvalue weighted by atomic mass is 10.0.